The van der Waals surface area contributed by atoms with Crippen molar-refractivity contribution in [1.29, 1.82) is 0 Å². The molecular weight excluding hydrogens is 392 g/mol. The molecule has 24 heavy (non-hydrogen) atoms. The third-order valence-corrected chi connectivity index (χ3v) is 5.66. The number of nitro benzene ring substituents is 1. The predicted molar refractivity (Wildman–Crippen MR) is 98.6 cm³/mol. The van der Waals surface area contributed by atoms with Gasteiger partial charge < -0.3 is 5.32 Å². The molecular formula is C18H14BrClN2O2. The van der Waals surface area contributed by atoms with Gasteiger partial charge in [0.15, 0.2) is 0 Å². The molecule has 6 heteroatoms. The number of hydrogen-bond donors (Lipinski definition) is 1. The van der Waals surface area contributed by atoms with Crippen molar-refractivity contribution in [2.24, 2.45) is 5.92 Å². The smallest absolute Gasteiger partial charge is 0.275 e. The van der Waals surface area contributed by atoms with Gasteiger partial charge in [0, 0.05) is 16.5 Å². The number of nitrogens with one attached hydrogen (secondary N) is 1. The van der Waals surface area contributed by atoms with Gasteiger partial charge in [0.25, 0.3) is 5.69 Å². The van der Waals surface area contributed by atoms with E-state index in [4.69, 9.17) is 11.6 Å². The summed E-state index contributed by atoms with van der Waals surface area (Å²) < 4.78 is 1.01. The molecule has 0 saturated carbocycles. The molecule has 0 fully saturated rings. The van der Waals surface area contributed by atoms with Gasteiger partial charge in [0.1, 0.15) is 0 Å². The van der Waals surface area contributed by atoms with Crippen LogP contribution in [0.4, 0.5) is 11.4 Å². The van der Waals surface area contributed by atoms with Crippen molar-refractivity contribution < 1.29 is 4.92 Å². The fourth-order valence-corrected chi connectivity index (χ4v) is 4.48. The molecule has 0 spiro atoms. The van der Waals surface area contributed by atoms with Crippen LogP contribution in [0.1, 0.15) is 29.5 Å². The van der Waals surface area contributed by atoms with Crippen molar-refractivity contribution in [2.45, 2.75) is 18.4 Å². The van der Waals surface area contributed by atoms with Crippen LogP contribution in [0.3, 0.4) is 0 Å². The summed E-state index contributed by atoms with van der Waals surface area (Å²) in [5.41, 5.74) is 2.67. The van der Waals surface area contributed by atoms with Gasteiger partial charge in [-0.15, -0.1) is 0 Å². The van der Waals surface area contributed by atoms with Gasteiger partial charge in [-0.2, -0.15) is 0 Å². The summed E-state index contributed by atoms with van der Waals surface area (Å²) in [6.07, 6.45) is 5.08. The first kappa shape index (κ1) is 15.7. The fraction of sp³-hybridized carbons (Fsp3) is 0.222. The van der Waals surface area contributed by atoms with Gasteiger partial charge >= 0.3 is 0 Å². The molecule has 4 rings (SSSR count). The van der Waals surface area contributed by atoms with Gasteiger partial charge in [0.2, 0.25) is 0 Å². The lowest BCUT2D eigenvalue weighted by molar-refractivity contribution is -0.385. The van der Waals surface area contributed by atoms with E-state index in [2.05, 4.69) is 45.5 Å². The highest BCUT2D eigenvalue weighted by atomic mass is 79.9. The molecule has 1 heterocycles. The maximum atomic E-state index is 11.5. The molecule has 1 aliphatic heterocycles. The third-order valence-electron chi connectivity index (χ3n) is 4.85. The molecule has 0 amide bonds. The maximum Gasteiger partial charge on any atom is 0.275 e. The topological polar surface area (TPSA) is 55.2 Å². The first-order chi connectivity index (χ1) is 11.6. The molecule has 4 nitrogen and oxygen atoms in total. The van der Waals surface area contributed by atoms with Crippen molar-refractivity contribution in [1.82, 2.24) is 0 Å². The van der Waals surface area contributed by atoms with Crippen LogP contribution >= 0.6 is 27.5 Å². The Morgan fingerprint density at radius 1 is 1.29 bits per heavy atom. The van der Waals surface area contributed by atoms with E-state index < -0.39 is 0 Å². The van der Waals surface area contributed by atoms with Crippen molar-refractivity contribution in [3.63, 3.8) is 0 Å². The summed E-state index contributed by atoms with van der Waals surface area (Å²) in [6.45, 7) is 0. The summed E-state index contributed by atoms with van der Waals surface area (Å²) in [5, 5.41) is 15.5. The Labute approximate surface area is 152 Å². The summed E-state index contributed by atoms with van der Waals surface area (Å²) in [5.74, 6) is 0.244. The van der Waals surface area contributed by atoms with E-state index in [0.717, 1.165) is 16.5 Å². The van der Waals surface area contributed by atoms with E-state index >= 15 is 0 Å². The average Bonchev–Trinajstić information content (AvgIpc) is 3.04. The van der Waals surface area contributed by atoms with Crippen LogP contribution in [-0.4, -0.2) is 4.92 Å². The Bertz CT molecular complexity index is 868. The minimum Gasteiger partial charge on any atom is -0.376 e. The molecule has 1 aliphatic carbocycles. The highest BCUT2D eigenvalue weighted by molar-refractivity contribution is 9.10. The van der Waals surface area contributed by atoms with Crippen LogP contribution in [0.25, 0.3) is 0 Å². The monoisotopic (exact) mass is 404 g/mol. The standard InChI is InChI=1S/C18H14BrClN2O2/c19-11-4-1-3-10(9-11)17-13-6-2-5-12(13)16-15(22(23)24)8-7-14(20)18(16)21-17/h1-5,7-9,12-13,17,21H,6H2/t12-,13+,17-/m1/s1. The Balaban J connectivity index is 1.88. The van der Waals surface area contributed by atoms with E-state index in [9.17, 15) is 10.1 Å². The van der Waals surface area contributed by atoms with E-state index in [0.29, 0.717) is 16.3 Å². The Hall–Kier alpha value is -1.85. The largest absolute Gasteiger partial charge is 0.376 e. The Morgan fingerprint density at radius 2 is 2.12 bits per heavy atom. The van der Waals surface area contributed by atoms with E-state index in [1.807, 2.05) is 12.1 Å². The number of allylic oxidation sites excluding steroid dienone is 2. The van der Waals surface area contributed by atoms with Crippen LogP contribution in [0.15, 0.2) is 53.0 Å². The molecule has 2 aromatic carbocycles. The van der Waals surface area contributed by atoms with Gasteiger partial charge in [-0.05, 0) is 36.1 Å². The molecule has 0 saturated heterocycles. The second kappa shape index (κ2) is 5.90. The quantitative estimate of drug-likeness (QED) is 0.388. The van der Waals surface area contributed by atoms with Crippen molar-refractivity contribution >= 4 is 38.9 Å². The Morgan fingerprint density at radius 3 is 2.88 bits per heavy atom. The zero-order chi connectivity index (χ0) is 16.8. The number of nitrogens with zero attached hydrogens (tertiary/aromatic N) is 1. The lowest BCUT2D eigenvalue weighted by atomic mass is 9.76. The van der Waals surface area contributed by atoms with Gasteiger partial charge in [-0.25, -0.2) is 0 Å². The summed E-state index contributed by atoms with van der Waals surface area (Å²) >= 11 is 9.89. The van der Waals surface area contributed by atoms with Crippen molar-refractivity contribution in [3.8, 4) is 0 Å². The first-order valence-electron chi connectivity index (χ1n) is 7.71. The molecule has 2 aromatic rings. The summed E-state index contributed by atoms with van der Waals surface area (Å²) in [7, 11) is 0. The zero-order valence-corrected chi connectivity index (χ0v) is 14.9. The molecule has 0 aromatic heterocycles. The number of halogens is 2. The SMILES string of the molecule is O=[N+]([O-])c1ccc(Cl)c2c1[C@@H]1C=CC[C@@H]1[C@@H](c1cccc(Br)c1)N2. The number of hydrogen-bond acceptors (Lipinski definition) is 3. The van der Waals surface area contributed by atoms with Crippen molar-refractivity contribution in [2.75, 3.05) is 5.32 Å². The summed E-state index contributed by atoms with van der Waals surface area (Å²) in [6, 6.07) is 11.3. The van der Waals surface area contributed by atoms with Crippen molar-refractivity contribution in [3.05, 3.63) is 79.3 Å². The summed E-state index contributed by atoms with van der Waals surface area (Å²) in [4.78, 5) is 11.2. The molecule has 0 radical (unpaired) electrons. The predicted octanol–water partition coefficient (Wildman–Crippen LogP) is 5.84. The van der Waals surface area contributed by atoms with Gasteiger partial charge in [-0.1, -0.05) is 51.8 Å². The zero-order valence-electron chi connectivity index (χ0n) is 12.6. The van der Waals surface area contributed by atoms with Crippen LogP contribution in [0.2, 0.25) is 5.02 Å². The molecule has 122 valence electrons. The van der Waals surface area contributed by atoms with E-state index in [1.54, 1.807) is 6.07 Å². The van der Waals surface area contributed by atoms with Gasteiger partial charge in [0.05, 0.1) is 27.2 Å². The fourth-order valence-electron chi connectivity index (χ4n) is 3.84. The number of nitro groups is 1. The van der Waals surface area contributed by atoms with E-state index in [1.165, 1.54) is 6.07 Å². The molecule has 0 unspecified atom stereocenters. The minimum absolute atomic E-state index is 0.00401. The highest BCUT2D eigenvalue weighted by Gasteiger charge is 2.42. The maximum absolute atomic E-state index is 11.5. The second-order valence-electron chi connectivity index (χ2n) is 6.14. The molecule has 3 atom stereocenters. The van der Waals surface area contributed by atoms with Crippen LogP contribution in [0.5, 0.6) is 0 Å². The number of fused-ring (bicyclic) bond motifs is 3. The third kappa shape index (κ3) is 2.43. The first-order valence-corrected chi connectivity index (χ1v) is 8.89. The Kier molecular flexibility index (Phi) is 3.85. The van der Waals surface area contributed by atoms with Crippen LogP contribution < -0.4 is 5.32 Å². The molecule has 0 bridgehead atoms. The molecule has 2 aliphatic rings. The minimum atomic E-state index is -0.320. The van der Waals surface area contributed by atoms with Crippen LogP contribution in [-0.2, 0) is 0 Å². The van der Waals surface area contributed by atoms with Gasteiger partial charge in [-0.3, -0.25) is 10.1 Å². The molecule has 1 N–H and O–H groups in total. The lowest BCUT2D eigenvalue weighted by Crippen LogP contribution is -2.29. The average molecular weight is 406 g/mol. The highest BCUT2D eigenvalue weighted by Crippen LogP contribution is 2.54. The normalized spacial score (nSPS) is 24.2. The van der Waals surface area contributed by atoms with E-state index in [-0.39, 0.29) is 28.5 Å². The number of anilines is 1. The lowest BCUT2D eigenvalue weighted by Gasteiger charge is -2.37. The second-order valence-corrected chi connectivity index (χ2v) is 7.47. The number of rotatable bonds is 2. The number of benzene rings is 2. The van der Waals surface area contributed by atoms with Crippen LogP contribution in [0, 0.1) is 16.0 Å².